The molecule has 1 aliphatic rings. The zero-order valence-corrected chi connectivity index (χ0v) is 9.29. The SMILES string of the molecule is N#CC=C1CCN(c2ccc(F)c(F)c2)CC1. The fraction of sp³-hybridized carbons (Fsp3) is 0.308. The molecule has 0 N–H and O–H groups in total. The molecule has 0 bridgehead atoms. The lowest BCUT2D eigenvalue weighted by atomic mass is 10.0. The molecule has 1 heterocycles. The maximum atomic E-state index is 13.1. The van der Waals surface area contributed by atoms with E-state index in [9.17, 15) is 8.78 Å². The van der Waals surface area contributed by atoms with Crippen LogP contribution in [0.15, 0.2) is 29.8 Å². The Kier molecular flexibility index (Phi) is 3.38. The van der Waals surface area contributed by atoms with E-state index in [4.69, 9.17) is 5.26 Å². The van der Waals surface area contributed by atoms with Crippen LogP contribution in [0.2, 0.25) is 0 Å². The second-order valence-electron chi connectivity index (χ2n) is 4.02. The minimum Gasteiger partial charge on any atom is -0.371 e. The number of piperidine rings is 1. The van der Waals surface area contributed by atoms with Gasteiger partial charge in [0.1, 0.15) is 0 Å². The summed E-state index contributed by atoms with van der Waals surface area (Å²) in [5.74, 6) is -1.64. The molecule has 1 aromatic rings. The number of halogens is 2. The maximum Gasteiger partial charge on any atom is 0.160 e. The molecule has 1 aliphatic heterocycles. The van der Waals surface area contributed by atoms with Crippen molar-refractivity contribution in [3.05, 3.63) is 41.5 Å². The third kappa shape index (κ3) is 2.62. The molecule has 0 amide bonds. The summed E-state index contributed by atoms with van der Waals surface area (Å²) in [6, 6.07) is 5.96. The summed E-state index contributed by atoms with van der Waals surface area (Å²) in [7, 11) is 0. The highest BCUT2D eigenvalue weighted by Crippen LogP contribution is 2.24. The molecule has 1 fully saturated rings. The van der Waals surface area contributed by atoms with Crippen molar-refractivity contribution in [2.75, 3.05) is 18.0 Å². The fourth-order valence-corrected chi connectivity index (χ4v) is 1.97. The number of anilines is 1. The standard InChI is InChI=1S/C13H12F2N2/c14-12-2-1-11(9-13(12)15)17-7-4-10(3-6-16)5-8-17/h1-3,9H,4-5,7-8H2. The molecule has 1 aromatic carbocycles. The Hall–Kier alpha value is -1.89. The molecule has 0 spiro atoms. The summed E-state index contributed by atoms with van der Waals surface area (Å²) in [5.41, 5.74) is 1.81. The molecular weight excluding hydrogens is 222 g/mol. The molecule has 0 atom stereocenters. The van der Waals surface area contributed by atoms with E-state index in [2.05, 4.69) is 0 Å². The van der Waals surface area contributed by atoms with Crippen molar-refractivity contribution < 1.29 is 8.78 Å². The van der Waals surface area contributed by atoms with Crippen LogP contribution >= 0.6 is 0 Å². The lowest BCUT2D eigenvalue weighted by Crippen LogP contribution is -2.30. The Bertz CT molecular complexity index is 479. The van der Waals surface area contributed by atoms with E-state index in [1.807, 2.05) is 11.0 Å². The van der Waals surface area contributed by atoms with Gasteiger partial charge in [0, 0.05) is 30.9 Å². The number of benzene rings is 1. The first kappa shape index (κ1) is 11.6. The molecule has 0 aromatic heterocycles. The molecule has 17 heavy (non-hydrogen) atoms. The Morgan fingerprint density at radius 1 is 1.18 bits per heavy atom. The van der Waals surface area contributed by atoms with Gasteiger partial charge in [0.15, 0.2) is 11.6 Å². The van der Waals surface area contributed by atoms with Gasteiger partial charge in [-0.1, -0.05) is 5.57 Å². The molecule has 0 unspecified atom stereocenters. The smallest absolute Gasteiger partial charge is 0.160 e. The van der Waals surface area contributed by atoms with Gasteiger partial charge in [0.2, 0.25) is 0 Å². The zero-order chi connectivity index (χ0) is 12.3. The van der Waals surface area contributed by atoms with Crippen LogP contribution in [0.25, 0.3) is 0 Å². The van der Waals surface area contributed by atoms with Crippen molar-refractivity contribution >= 4 is 5.69 Å². The van der Waals surface area contributed by atoms with Crippen molar-refractivity contribution in [2.24, 2.45) is 0 Å². The number of rotatable bonds is 1. The highest BCUT2D eigenvalue weighted by atomic mass is 19.2. The van der Waals surface area contributed by atoms with Crippen LogP contribution in [0.5, 0.6) is 0 Å². The predicted octanol–water partition coefficient (Wildman–Crippen LogP) is 3.01. The summed E-state index contributed by atoms with van der Waals surface area (Å²) >= 11 is 0. The minimum atomic E-state index is -0.823. The zero-order valence-electron chi connectivity index (χ0n) is 9.29. The highest BCUT2D eigenvalue weighted by molar-refractivity contribution is 5.48. The Labute approximate surface area is 98.8 Å². The molecule has 4 heteroatoms. The van der Waals surface area contributed by atoms with E-state index in [1.165, 1.54) is 6.07 Å². The average molecular weight is 234 g/mol. The lowest BCUT2D eigenvalue weighted by Gasteiger charge is -2.30. The van der Waals surface area contributed by atoms with Gasteiger partial charge in [-0.3, -0.25) is 0 Å². The third-order valence-electron chi connectivity index (χ3n) is 2.94. The fourth-order valence-electron chi connectivity index (χ4n) is 1.97. The normalized spacial score (nSPS) is 15.6. The van der Waals surface area contributed by atoms with Crippen LogP contribution < -0.4 is 4.90 Å². The Balaban J connectivity index is 2.08. The predicted molar refractivity (Wildman–Crippen MR) is 61.5 cm³/mol. The number of nitrogens with zero attached hydrogens (tertiary/aromatic N) is 2. The van der Waals surface area contributed by atoms with Gasteiger partial charge in [0.25, 0.3) is 0 Å². The summed E-state index contributed by atoms with van der Waals surface area (Å²) in [6.45, 7) is 1.47. The topological polar surface area (TPSA) is 27.0 Å². The number of nitriles is 1. The first-order chi connectivity index (χ1) is 8.20. The minimum absolute atomic E-state index is 0.694. The molecular formula is C13H12F2N2. The summed E-state index contributed by atoms with van der Waals surface area (Å²) in [4.78, 5) is 2.00. The molecule has 0 radical (unpaired) electrons. The third-order valence-corrected chi connectivity index (χ3v) is 2.94. The van der Waals surface area contributed by atoms with Gasteiger partial charge in [-0.25, -0.2) is 8.78 Å². The van der Waals surface area contributed by atoms with Gasteiger partial charge < -0.3 is 4.90 Å². The first-order valence-corrected chi connectivity index (χ1v) is 5.48. The van der Waals surface area contributed by atoms with Crippen molar-refractivity contribution in [3.8, 4) is 6.07 Å². The highest BCUT2D eigenvalue weighted by Gasteiger charge is 2.15. The van der Waals surface area contributed by atoms with Gasteiger partial charge in [-0.15, -0.1) is 0 Å². The van der Waals surface area contributed by atoms with Crippen molar-refractivity contribution in [2.45, 2.75) is 12.8 Å². The van der Waals surface area contributed by atoms with Crippen molar-refractivity contribution in [1.29, 1.82) is 5.26 Å². The van der Waals surface area contributed by atoms with Gasteiger partial charge in [0.05, 0.1) is 6.07 Å². The van der Waals surface area contributed by atoms with E-state index < -0.39 is 11.6 Å². The Morgan fingerprint density at radius 2 is 1.88 bits per heavy atom. The lowest BCUT2D eigenvalue weighted by molar-refractivity contribution is 0.508. The summed E-state index contributed by atoms with van der Waals surface area (Å²) < 4.78 is 25.9. The molecule has 0 aliphatic carbocycles. The van der Waals surface area contributed by atoms with Crippen molar-refractivity contribution in [3.63, 3.8) is 0 Å². The van der Waals surface area contributed by atoms with E-state index in [-0.39, 0.29) is 0 Å². The van der Waals surface area contributed by atoms with Gasteiger partial charge in [-0.05, 0) is 25.0 Å². The maximum absolute atomic E-state index is 13.1. The molecule has 2 rings (SSSR count). The van der Waals surface area contributed by atoms with E-state index in [1.54, 1.807) is 12.1 Å². The molecule has 2 nitrogen and oxygen atoms in total. The molecule has 88 valence electrons. The van der Waals surface area contributed by atoms with Crippen LogP contribution in [0.4, 0.5) is 14.5 Å². The second-order valence-corrected chi connectivity index (χ2v) is 4.02. The van der Waals surface area contributed by atoms with E-state index in [0.29, 0.717) is 5.69 Å². The van der Waals surface area contributed by atoms with E-state index >= 15 is 0 Å². The van der Waals surface area contributed by atoms with Gasteiger partial charge >= 0.3 is 0 Å². The largest absolute Gasteiger partial charge is 0.371 e. The number of hydrogen-bond donors (Lipinski definition) is 0. The van der Waals surface area contributed by atoms with Gasteiger partial charge in [-0.2, -0.15) is 5.26 Å². The van der Waals surface area contributed by atoms with Crippen LogP contribution in [0.3, 0.4) is 0 Å². The average Bonchev–Trinajstić information content (AvgIpc) is 2.34. The van der Waals surface area contributed by atoms with Crippen LogP contribution in [0.1, 0.15) is 12.8 Å². The van der Waals surface area contributed by atoms with Crippen LogP contribution in [0, 0.1) is 23.0 Å². The molecule has 0 saturated carbocycles. The number of hydrogen-bond acceptors (Lipinski definition) is 2. The quantitative estimate of drug-likeness (QED) is 0.698. The summed E-state index contributed by atoms with van der Waals surface area (Å²) in [6.07, 6.45) is 3.17. The monoisotopic (exact) mass is 234 g/mol. The van der Waals surface area contributed by atoms with E-state index in [0.717, 1.165) is 37.6 Å². The van der Waals surface area contributed by atoms with Crippen LogP contribution in [-0.2, 0) is 0 Å². The molecule has 1 saturated heterocycles. The first-order valence-electron chi connectivity index (χ1n) is 5.48. The van der Waals surface area contributed by atoms with Crippen molar-refractivity contribution in [1.82, 2.24) is 0 Å². The second kappa shape index (κ2) is 4.96. The number of allylic oxidation sites excluding steroid dienone is 1. The van der Waals surface area contributed by atoms with Crippen LogP contribution in [-0.4, -0.2) is 13.1 Å². The summed E-state index contributed by atoms with van der Waals surface area (Å²) in [5, 5.41) is 8.54. The Morgan fingerprint density at radius 3 is 2.47 bits per heavy atom.